The van der Waals surface area contributed by atoms with E-state index in [1.807, 2.05) is 18.3 Å². The van der Waals surface area contributed by atoms with Gasteiger partial charge in [-0.2, -0.15) is 0 Å². The molecule has 5 heterocycles. The van der Waals surface area contributed by atoms with E-state index in [9.17, 15) is 0 Å². The minimum Gasteiger partial charge on any atom is -0.457 e. The average Bonchev–Trinajstić information content (AvgIpc) is 3.68. The van der Waals surface area contributed by atoms with Crippen molar-refractivity contribution in [1.82, 2.24) is 18.9 Å². The van der Waals surface area contributed by atoms with Gasteiger partial charge in [0.2, 0.25) is 0 Å². The van der Waals surface area contributed by atoms with E-state index in [-0.39, 0.29) is 0 Å². The van der Waals surface area contributed by atoms with Crippen LogP contribution in [0, 0.1) is 0 Å². The molecule has 4 aromatic heterocycles. The zero-order valence-electron chi connectivity index (χ0n) is 23.6. The van der Waals surface area contributed by atoms with Gasteiger partial charge in [-0.1, -0.05) is 72.8 Å². The van der Waals surface area contributed by atoms with Gasteiger partial charge in [-0.3, -0.25) is 8.97 Å². The van der Waals surface area contributed by atoms with Gasteiger partial charge >= 0.3 is 0 Å². The lowest BCUT2D eigenvalue weighted by Gasteiger charge is -2.21. The fourth-order valence-electron chi connectivity index (χ4n) is 7.07. The van der Waals surface area contributed by atoms with Crippen LogP contribution in [-0.2, 0) is 6.42 Å². The third kappa shape index (κ3) is 3.29. The van der Waals surface area contributed by atoms with Gasteiger partial charge in [-0.05, 0) is 59.0 Å². The first-order chi connectivity index (χ1) is 21.8. The molecule has 5 heteroatoms. The molecule has 10 rings (SSSR count). The van der Waals surface area contributed by atoms with Crippen LogP contribution in [-0.4, -0.2) is 18.9 Å². The molecule has 0 fully saturated rings. The smallest absolute Gasteiger partial charge is 0.146 e. The first kappa shape index (κ1) is 23.6. The monoisotopic (exact) mass is 564 g/mol. The molecule has 1 aliphatic rings. The van der Waals surface area contributed by atoms with E-state index in [2.05, 4.69) is 124 Å². The predicted octanol–water partition coefficient (Wildman–Crippen LogP) is 9.50. The van der Waals surface area contributed by atoms with Crippen LogP contribution >= 0.6 is 0 Å². The third-order valence-electron chi connectivity index (χ3n) is 9.01. The number of fused-ring (bicyclic) bond motifs is 11. The molecule has 206 valence electrons. The molecule has 1 aliphatic heterocycles. The maximum atomic E-state index is 6.61. The first-order valence-corrected chi connectivity index (χ1v) is 14.9. The summed E-state index contributed by atoms with van der Waals surface area (Å²) in [6.45, 7) is 0. The highest BCUT2D eigenvalue weighted by atomic mass is 16.5. The fraction of sp³-hybridized carbons (Fsp3) is 0.0256. The number of hydrogen-bond donors (Lipinski definition) is 0. The van der Waals surface area contributed by atoms with Crippen molar-refractivity contribution in [1.29, 1.82) is 0 Å². The molecule has 44 heavy (non-hydrogen) atoms. The molecule has 5 aromatic carbocycles. The van der Waals surface area contributed by atoms with Gasteiger partial charge in [0.1, 0.15) is 22.8 Å². The van der Waals surface area contributed by atoms with Crippen LogP contribution in [0.4, 0.5) is 0 Å². The van der Waals surface area contributed by atoms with Gasteiger partial charge in [-0.25, -0.2) is 9.97 Å². The van der Waals surface area contributed by atoms with E-state index >= 15 is 0 Å². The maximum Gasteiger partial charge on any atom is 0.146 e. The fourth-order valence-corrected chi connectivity index (χ4v) is 7.07. The molecule has 5 nitrogen and oxygen atoms in total. The second-order valence-electron chi connectivity index (χ2n) is 11.5. The van der Waals surface area contributed by atoms with Gasteiger partial charge in [0, 0.05) is 52.0 Å². The largest absolute Gasteiger partial charge is 0.457 e. The number of aromatic nitrogens is 4. The van der Waals surface area contributed by atoms with Crippen molar-refractivity contribution in [2.75, 3.05) is 0 Å². The molecular formula is C39H24N4O. The first-order valence-electron chi connectivity index (χ1n) is 14.9. The lowest BCUT2D eigenvalue weighted by atomic mass is 9.97. The van der Waals surface area contributed by atoms with Crippen molar-refractivity contribution in [2.45, 2.75) is 6.42 Å². The summed E-state index contributed by atoms with van der Waals surface area (Å²) in [5.41, 5.74) is 10.0. The molecule has 0 bridgehead atoms. The van der Waals surface area contributed by atoms with Crippen molar-refractivity contribution >= 4 is 49.3 Å². The summed E-state index contributed by atoms with van der Waals surface area (Å²) < 4.78 is 11.1. The molecule has 0 spiro atoms. The van der Waals surface area contributed by atoms with E-state index < -0.39 is 0 Å². The van der Waals surface area contributed by atoms with Crippen molar-refractivity contribution < 1.29 is 4.74 Å². The van der Waals surface area contributed by atoms with Crippen LogP contribution in [0.2, 0.25) is 0 Å². The number of benzene rings is 5. The Bertz CT molecular complexity index is 2610. The zero-order chi connectivity index (χ0) is 28.8. The highest BCUT2D eigenvalue weighted by molar-refractivity contribution is 6.12. The van der Waals surface area contributed by atoms with Crippen LogP contribution in [0.3, 0.4) is 0 Å². The molecule has 0 aliphatic carbocycles. The lowest BCUT2D eigenvalue weighted by molar-refractivity contribution is 0.483. The number of ether oxygens (including phenoxy) is 1. The van der Waals surface area contributed by atoms with Gasteiger partial charge in [0.25, 0.3) is 0 Å². The van der Waals surface area contributed by atoms with E-state index in [4.69, 9.17) is 14.7 Å². The highest BCUT2D eigenvalue weighted by Crippen LogP contribution is 2.41. The molecule has 0 unspecified atom stereocenters. The standard InChI is InChI=1S/C39H24N4O/c1-2-8-24(9-3-1)34-23-42-35-14-5-4-11-30(35)29-18-17-27(21-33(29)39(42)41-34)44-28-16-15-25-20-26-10-6-12-31-32-13-7-19-40-38(32)43(37(26)31)36(25)22-28/h1-19,21-23H,20H2. The Morgan fingerprint density at radius 3 is 2.36 bits per heavy atom. The Hall–Kier alpha value is -5.94. The van der Waals surface area contributed by atoms with Crippen LogP contribution in [0.15, 0.2) is 134 Å². The Kier molecular flexibility index (Phi) is 4.71. The SMILES string of the molecule is c1ccc(-c2cn3c4ccccc4c4ccc(Oc5ccc6c(c5)-n5c7ncccc7c7cccc(c75)C6)cc4c3n2)cc1. The average molecular weight is 565 g/mol. The summed E-state index contributed by atoms with van der Waals surface area (Å²) in [7, 11) is 0. The Labute approximate surface area is 252 Å². The van der Waals surface area contributed by atoms with Crippen molar-refractivity contribution in [3.05, 3.63) is 145 Å². The van der Waals surface area contributed by atoms with E-state index in [0.29, 0.717) is 0 Å². The van der Waals surface area contributed by atoms with Crippen LogP contribution in [0.5, 0.6) is 11.5 Å². The number of nitrogens with zero attached hydrogens (tertiary/aromatic N) is 4. The van der Waals surface area contributed by atoms with Crippen LogP contribution < -0.4 is 4.74 Å². The Morgan fingerprint density at radius 1 is 0.591 bits per heavy atom. The number of hydrogen-bond acceptors (Lipinski definition) is 3. The molecular weight excluding hydrogens is 540 g/mol. The number of rotatable bonds is 3. The number of pyridine rings is 2. The quantitative estimate of drug-likeness (QED) is 0.201. The molecule has 0 amide bonds. The topological polar surface area (TPSA) is 44.4 Å². The Balaban J connectivity index is 1.13. The maximum absolute atomic E-state index is 6.61. The molecule has 0 saturated heterocycles. The summed E-state index contributed by atoms with van der Waals surface area (Å²) in [5.74, 6) is 1.56. The van der Waals surface area contributed by atoms with Gasteiger partial charge in [0.05, 0.1) is 22.4 Å². The van der Waals surface area contributed by atoms with E-state index in [1.54, 1.807) is 0 Å². The van der Waals surface area contributed by atoms with Crippen molar-refractivity contribution in [3.8, 4) is 28.4 Å². The van der Waals surface area contributed by atoms with E-state index in [1.165, 1.54) is 32.8 Å². The summed E-state index contributed by atoms with van der Waals surface area (Å²) in [4.78, 5) is 9.93. The Morgan fingerprint density at radius 2 is 1.41 bits per heavy atom. The second-order valence-corrected chi connectivity index (χ2v) is 11.5. The zero-order valence-corrected chi connectivity index (χ0v) is 23.6. The molecule has 0 atom stereocenters. The minimum absolute atomic E-state index is 0.774. The van der Waals surface area contributed by atoms with Gasteiger partial charge in [0.15, 0.2) is 0 Å². The van der Waals surface area contributed by atoms with Crippen molar-refractivity contribution in [3.63, 3.8) is 0 Å². The summed E-state index contributed by atoms with van der Waals surface area (Å²) >= 11 is 0. The minimum atomic E-state index is 0.774. The summed E-state index contributed by atoms with van der Waals surface area (Å²) in [6, 6.07) is 42.4. The summed E-state index contributed by atoms with van der Waals surface area (Å²) in [6.07, 6.45) is 4.89. The van der Waals surface area contributed by atoms with Gasteiger partial charge < -0.3 is 4.74 Å². The molecule has 0 saturated carbocycles. The van der Waals surface area contributed by atoms with Crippen molar-refractivity contribution in [2.24, 2.45) is 0 Å². The normalized spacial score (nSPS) is 12.5. The number of para-hydroxylation sites is 2. The summed E-state index contributed by atoms with van der Waals surface area (Å²) in [5, 5.41) is 5.80. The van der Waals surface area contributed by atoms with Gasteiger partial charge in [-0.15, -0.1) is 0 Å². The van der Waals surface area contributed by atoms with Crippen LogP contribution in [0.1, 0.15) is 11.1 Å². The highest BCUT2D eigenvalue weighted by Gasteiger charge is 2.23. The molecule has 9 aromatic rings. The molecule has 0 radical (unpaired) electrons. The van der Waals surface area contributed by atoms with E-state index in [0.717, 1.165) is 62.4 Å². The second kappa shape index (κ2) is 8.79. The molecule has 0 N–H and O–H groups in total. The third-order valence-corrected chi connectivity index (χ3v) is 9.01. The lowest BCUT2D eigenvalue weighted by Crippen LogP contribution is -2.08. The predicted molar refractivity (Wildman–Crippen MR) is 177 cm³/mol. The van der Waals surface area contributed by atoms with Crippen LogP contribution in [0.25, 0.3) is 66.2 Å². The number of imidazole rings is 1.